The Kier molecular flexibility index (Phi) is 3.53. The van der Waals surface area contributed by atoms with E-state index >= 15 is 0 Å². The highest BCUT2D eigenvalue weighted by atomic mass is 16.5. The molecule has 1 aliphatic carbocycles. The Morgan fingerprint density at radius 1 is 1.29 bits per heavy atom. The summed E-state index contributed by atoms with van der Waals surface area (Å²) in [6, 6.07) is 8.08. The topological polar surface area (TPSA) is 46.6 Å². The number of hydrogen-bond donors (Lipinski definition) is 0. The molecule has 110 valence electrons. The summed E-state index contributed by atoms with van der Waals surface area (Å²) >= 11 is 0. The smallest absolute Gasteiger partial charge is 0.313 e. The average molecular weight is 285 g/mol. The van der Waals surface area contributed by atoms with E-state index < -0.39 is 5.92 Å². The number of carbonyl (C=O) groups excluding carboxylic acids is 2. The lowest BCUT2D eigenvalue weighted by atomic mass is 10.0. The van der Waals surface area contributed by atoms with E-state index in [1.54, 1.807) is 0 Å². The normalized spacial score (nSPS) is 23.7. The molecule has 2 atom stereocenters. The van der Waals surface area contributed by atoms with Crippen molar-refractivity contribution in [2.45, 2.75) is 32.2 Å². The monoisotopic (exact) mass is 285 g/mol. The molecule has 0 radical (unpaired) electrons. The van der Waals surface area contributed by atoms with Crippen LogP contribution in [0.5, 0.6) is 0 Å². The van der Waals surface area contributed by atoms with Gasteiger partial charge in [0.2, 0.25) is 0 Å². The molecule has 0 fully saturated rings. The van der Waals surface area contributed by atoms with E-state index in [1.165, 1.54) is 12.7 Å². The third-order valence-corrected chi connectivity index (χ3v) is 4.35. The molecule has 0 spiro atoms. The Labute approximate surface area is 124 Å². The number of ether oxygens (including phenoxy) is 1. The van der Waals surface area contributed by atoms with Crippen LogP contribution in [-0.2, 0) is 20.7 Å². The van der Waals surface area contributed by atoms with E-state index in [0.29, 0.717) is 12.0 Å². The second kappa shape index (κ2) is 5.35. The van der Waals surface area contributed by atoms with E-state index in [1.807, 2.05) is 36.1 Å². The van der Waals surface area contributed by atoms with E-state index in [9.17, 15) is 9.59 Å². The number of allylic oxidation sites excluding steroid dienone is 1. The number of methoxy groups -OCH3 is 1. The van der Waals surface area contributed by atoms with E-state index in [0.717, 1.165) is 18.5 Å². The molecule has 1 aromatic rings. The maximum atomic E-state index is 12.9. The molecular formula is C17H19NO3. The molecule has 2 unspecified atom stereocenters. The van der Waals surface area contributed by atoms with Gasteiger partial charge in [0.05, 0.1) is 13.0 Å². The van der Waals surface area contributed by atoms with E-state index in [-0.39, 0.29) is 17.9 Å². The van der Waals surface area contributed by atoms with E-state index in [2.05, 4.69) is 6.07 Å². The highest BCUT2D eigenvalue weighted by molar-refractivity contribution is 6.10. The van der Waals surface area contributed by atoms with Gasteiger partial charge in [-0.2, -0.15) is 0 Å². The molecule has 1 aromatic carbocycles. The molecule has 0 aromatic heterocycles. The fourth-order valence-corrected chi connectivity index (χ4v) is 3.34. The SMILES string of the molecule is COC(=O)C1CCC=C1C(=O)N1c2ccccc2CC1C. The Morgan fingerprint density at radius 3 is 2.81 bits per heavy atom. The van der Waals surface area contributed by atoms with Gasteiger partial charge in [0.15, 0.2) is 0 Å². The molecule has 0 saturated heterocycles. The molecule has 1 amide bonds. The van der Waals surface area contributed by atoms with Crippen LogP contribution in [0.2, 0.25) is 0 Å². The number of amides is 1. The number of carbonyl (C=O) groups is 2. The number of rotatable bonds is 2. The zero-order chi connectivity index (χ0) is 15.0. The van der Waals surface area contributed by atoms with Gasteiger partial charge in [-0.3, -0.25) is 9.59 Å². The summed E-state index contributed by atoms with van der Waals surface area (Å²) in [5.74, 6) is -0.782. The zero-order valence-corrected chi connectivity index (χ0v) is 12.3. The van der Waals surface area contributed by atoms with Gasteiger partial charge < -0.3 is 9.64 Å². The number of nitrogens with zero attached hydrogens (tertiary/aromatic N) is 1. The summed E-state index contributed by atoms with van der Waals surface area (Å²) in [6.07, 6.45) is 4.16. The second-order valence-electron chi connectivity index (χ2n) is 5.67. The molecule has 1 heterocycles. The van der Waals surface area contributed by atoms with Gasteiger partial charge in [-0.1, -0.05) is 24.3 Å². The first-order chi connectivity index (χ1) is 10.1. The minimum atomic E-state index is -0.414. The van der Waals surface area contributed by atoms with Crippen LogP contribution < -0.4 is 4.90 Å². The summed E-state index contributed by atoms with van der Waals surface area (Å²) in [4.78, 5) is 26.6. The Morgan fingerprint density at radius 2 is 2.05 bits per heavy atom. The lowest BCUT2D eigenvalue weighted by Crippen LogP contribution is -2.38. The van der Waals surface area contributed by atoms with Gasteiger partial charge in [-0.15, -0.1) is 0 Å². The first-order valence-corrected chi connectivity index (χ1v) is 7.33. The number of hydrogen-bond acceptors (Lipinski definition) is 3. The summed E-state index contributed by atoms with van der Waals surface area (Å²) in [5.41, 5.74) is 2.74. The predicted molar refractivity (Wildman–Crippen MR) is 79.9 cm³/mol. The third-order valence-electron chi connectivity index (χ3n) is 4.35. The molecule has 0 bridgehead atoms. The fourth-order valence-electron chi connectivity index (χ4n) is 3.34. The highest BCUT2D eigenvalue weighted by Crippen LogP contribution is 2.36. The number of fused-ring (bicyclic) bond motifs is 1. The average Bonchev–Trinajstić information content (AvgIpc) is 3.09. The molecule has 4 heteroatoms. The summed E-state index contributed by atoms with van der Waals surface area (Å²) in [6.45, 7) is 2.04. The maximum Gasteiger partial charge on any atom is 0.313 e. The van der Waals surface area contributed by atoms with Gasteiger partial charge >= 0.3 is 5.97 Å². The molecule has 0 N–H and O–H groups in total. The van der Waals surface area contributed by atoms with Crippen molar-refractivity contribution >= 4 is 17.6 Å². The van der Waals surface area contributed by atoms with Crippen molar-refractivity contribution in [2.24, 2.45) is 5.92 Å². The van der Waals surface area contributed by atoms with Crippen molar-refractivity contribution in [3.05, 3.63) is 41.5 Å². The van der Waals surface area contributed by atoms with Crippen molar-refractivity contribution in [1.82, 2.24) is 0 Å². The van der Waals surface area contributed by atoms with Crippen LogP contribution in [0, 0.1) is 5.92 Å². The second-order valence-corrected chi connectivity index (χ2v) is 5.67. The first kappa shape index (κ1) is 13.9. The number of esters is 1. The van der Waals surface area contributed by atoms with Crippen molar-refractivity contribution in [3.63, 3.8) is 0 Å². The van der Waals surface area contributed by atoms with Crippen LogP contribution in [0.25, 0.3) is 0 Å². The van der Waals surface area contributed by atoms with Gasteiger partial charge in [0.1, 0.15) is 0 Å². The maximum absolute atomic E-state index is 12.9. The van der Waals surface area contributed by atoms with Crippen LogP contribution in [0.4, 0.5) is 5.69 Å². The lowest BCUT2D eigenvalue weighted by molar-refractivity contribution is -0.144. The quantitative estimate of drug-likeness (QED) is 0.784. The van der Waals surface area contributed by atoms with Crippen LogP contribution in [0.3, 0.4) is 0 Å². The molecule has 0 saturated carbocycles. The van der Waals surface area contributed by atoms with Crippen molar-refractivity contribution < 1.29 is 14.3 Å². The van der Waals surface area contributed by atoms with Crippen LogP contribution >= 0.6 is 0 Å². The van der Waals surface area contributed by atoms with Gasteiger partial charge in [-0.25, -0.2) is 0 Å². The summed E-state index contributed by atoms with van der Waals surface area (Å²) in [5, 5.41) is 0. The Hall–Kier alpha value is -2.10. The van der Waals surface area contributed by atoms with Crippen molar-refractivity contribution in [2.75, 3.05) is 12.0 Å². The third kappa shape index (κ3) is 2.24. The highest BCUT2D eigenvalue weighted by Gasteiger charge is 2.38. The number of anilines is 1. The van der Waals surface area contributed by atoms with Gasteiger partial charge in [0.25, 0.3) is 5.91 Å². The van der Waals surface area contributed by atoms with Gasteiger partial charge in [-0.05, 0) is 37.8 Å². The molecule has 1 aliphatic heterocycles. The van der Waals surface area contributed by atoms with Crippen molar-refractivity contribution in [1.29, 1.82) is 0 Å². The first-order valence-electron chi connectivity index (χ1n) is 7.33. The predicted octanol–water partition coefficient (Wildman–Crippen LogP) is 2.47. The minimum Gasteiger partial charge on any atom is -0.469 e. The number of para-hydroxylation sites is 1. The fraction of sp³-hybridized carbons (Fsp3) is 0.412. The summed E-state index contributed by atoms with van der Waals surface area (Å²) < 4.78 is 4.82. The van der Waals surface area contributed by atoms with Gasteiger partial charge in [0, 0.05) is 17.3 Å². The minimum absolute atomic E-state index is 0.0552. The molecular weight excluding hydrogens is 266 g/mol. The molecule has 21 heavy (non-hydrogen) atoms. The van der Waals surface area contributed by atoms with Crippen LogP contribution in [-0.4, -0.2) is 25.0 Å². The molecule has 3 rings (SSSR count). The Balaban J connectivity index is 1.91. The molecule has 2 aliphatic rings. The zero-order valence-electron chi connectivity index (χ0n) is 12.3. The van der Waals surface area contributed by atoms with E-state index in [4.69, 9.17) is 4.74 Å². The van der Waals surface area contributed by atoms with Crippen LogP contribution in [0.1, 0.15) is 25.3 Å². The Bertz CT molecular complexity index is 620. The number of benzene rings is 1. The van der Waals surface area contributed by atoms with Crippen molar-refractivity contribution in [3.8, 4) is 0 Å². The summed E-state index contributed by atoms with van der Waals surface area (Å²) in [7, 11) is 1.37. The van der Waals surface area contributed by atoms with Crippen LogP contribution in [0.15, 0.2) is 35.9 Å². The largest absolute Gasteiger partial charge is 0.469 e. The molecule has 4 nitrogen and oxygen atoms in total. The standard InChI is InChI=1S/C17H19NO3/c1-11-10-12-6-3-4-9-15(12)18(11)16(19)13-7-5-8-14(13)17(20)21-2/h3-4,6-7,9,11,14H,5,8,10H2,1-2H3. The lowest BCUT2D eigenvalue weighted by Gasteiger charge is -2.25.